The Morgan fingerprint density at radius 2 is 1.97 bits per heavy atom. The molecule has 0 aliphatic carbocycles. The lowest BCUT2D eigenvalue weighted by molar-refractivity contribution is -0.138. The Bertz CT molecular complexity index is 1120. The molecule has 1 N–H and O–H groups in total. The van der Waals surface area contributed by atoms with Gasteiger partial charge in [0.1, 0.15) is 12.4 Å². The molecule has 0 bridgehead atoms. The van der Waals surface area contributed by atoms with Crippen molar-refractivity contribution in [3.63, 3.8) is 0 Å². The van der Waals surface area contributed by atoms with Crippen LogP contribution in [0.3, 0.4) is 0 Å². The number of fused-ring (bicyclic) bond motifs is 1. The van der Waals surface area contributed by atoms with Crippen molar-refractivity contribution in [1.29, 1.82) is 0 Å². The Hall–Kier alpha value is -2.85. The maximum absolute atomic E-state index is 13.0. The molecule has 0 unspecified atom stereocenters. The molecule has 1 saturated heterocycles. The molecule has 2 heterocycles. The van der Waals surface area contributed by atoms with Gasteiger partial charge in [0.25, 0.3) is 0 Å². The van der Waals surface area contributed by atoms with Gasteiger partial charge in [0.2, 0.25) is 0 Å². The lowest BCUT2D eigenvalue weighted by Crippen LogP contribution is -2.33. The maximum atomic E-state index is 13.0. The Kier molecular flexibility index (Phi) is 7.04. The van der Waals surface area contributed by atoms with Crippen molar-refractivity contribution in [3.05, 3.63) is 53.6 Å². The van der Waals surface area contributed by atoms with Crippen molar-refractivity contribution < 1.29 is 27.8 Å². The Labute approximate surface area is 193 Å². The first-order valence-electron chi connectivity index (χ1n) is 10.7. The number of thiazole rings is 1. The average Bonchev–Trinajstić information content (AvgIpc) is 3.04. The number of ether oxygens (including phenoxy) is 1. The number of carboxylic acids is 1. The number of nitrogens with zero attached hydrogens (tertiary/aromatic N) is 3. The number of aromatic nitrogens is 1. The van der Waals surface area contributed by atoms with Gasteiger partial charge < -0.3 is 14.7 Å². The van der Waals surface area contributed by atoms with Crippen molar-refractivity contribution in [1.82, 2.24) is 9.88 Å². The van der Waals surface area contributed by atoms with Gasteiger partial charge in [-0.25, -0.2) is 4.98 Å². The first-order valence-corrected chi connectivity index (χ1v) is 11.5. The Morgan fingerprint density at radius 1 is 1.12 bits per heavy atom. The van der Waals surface area contributed by atoms with Gasteiger partial charge in [-0.3, -0.25) is 9.69 Å². The van der Waals surface area contributed by atoms with Gasteiger partial charge in [-0.1, -0.05) is 23.5 Å². The van der Waals surface area contributed by atoms with Crippen LogP contribution in [0.25, 0.3) is 10.2 Å². The third kappa shape index (κ3) is 6.14. The molecule has 33 heavy (non-hydrogen) atoms. The van der Waals surface area contributed by atoms with E-state index in [1.807, 2.05) is 6.07 Å². The lowest BCUT2D eigenvalue weighted by Gasteiger charge is -2.21. The molecule has 1 fully saturated rings. The molecule has 0 spiro atoms. The summed E-state index contributed by atoms with van der Waals surface area (Å²) in [6.07, 6.45) is -3.48. The molecule has 1 aliphatic rings. The van der Waals surface area contributed by atoms with E-state index < -0.39 is 17.7 Å². The van der Waals surface area contributed by atoms with E-state index in [4.69, 9.17) is 9.84 Å². The Morgan fingerprint density at radius 3 is 2.76 bits per heavy atom. The van der Waals surface area contributed by atoms with Crippen LogP contribution >= 0.6 is 11.3 Å². The van der Waals surface area contributed by atoms with Crippen LogP contribution in [0, 0.1) is 0 Å². The van der Waals surface area contributed by atoms with Crippen molar-refractivity contribution in [2.24, 2.45) is 0 Å². The van der Waals surface area contributed by atoms with Gasteiger partial charge in [0.15, 0.2) is 5.13 Å². The van der Waals surface area contributed by atoms with Gasteiger partial charge in [-0.2, -0.15) is 13.2 Å². The van der Waals surface area contributed by atoms with Gasteiger partial charge in [0.05, 0.1) is 22.2 Å². The third-order valence-electron chi connectivity index (χ3n) is 5.49. The number of aliphatic carboxylic acids is 1. The van der Waals surface area contributed by atoms with E-state index in [9.17, 15) is 18.0 Å². The van der Waals surface area contributed by atoms with Crippen molar-refractivity contribution in [2.75, 3.05) is 44.2 Å². The molecule has 2 aromatic carbocycles. The van der Waals surface area contributed by atoms with Gasteiger partial charge in [-0.15, -0.1) is 0 Å². The van der Waals surface area contributed by atoms with Crippen LogP contribution in [0.5, 0.6) is 5.75 Å². The van der Waals surface area contributed by atoms with E-state index in [-0.39, 0.29) is 6.42 Å². The van der Waals surface area contributed by atoms with Crippen LogP contribution in [0.15, 0.2) is 42.5 Å². The smallest absolute Gasteiger partial charge is 0.416 e. The quantitative estimate of drug-likeness (QED) is 0.537. The van der Waals surface area contributed by atoms with Crippen LogP contribution in [0.2, 0.25) is 0 Å². The van der Waals surface area contributed by atoms with Crippen molar-refractivity contribution in [3.8, 4) is 5.75 Å². The van der Waals surface area contributed by atoms with E-state index in [0.717, 1.165) is 50.3 Å². The molecule has 4 rings (SSSR count). The van der Waals surface area contributed by atoms with Crippen molar-refractivity contribution in [2.45, 2.75) is 19.0 Å². The molecule has 3 aromatic rings. The van der Waals surface area contributed by atoms with E-state index in [2.05, 4.69) is 14.8 Å². The standard InChI is InChI=1S/C23H24F3N3O3S/c24-23(25,26)17-5-6-19-20(15-17)33-22(27-19)29-8-2-7-28(9-10-29)11-12-32-18-4-1-3-16(13-18)14-21(30)31/h1,3-6,13,15H,2,7-12,14H2,(H,30,31). The monoisotopic (exact) mass is 479 g/mol. The number of alkyl halides is 3. The minimum absolute atomic E-state index is 0.0392. The largest absolute Gasteiger partial charge is 0.492 e. The molecule has 0 radical (unpaired) electrons. The third-order valence-corrected chi connectivity index (χ3v) is 6.57. The second-order valence-electron chi connectivity index (χ2n) is 7.93. The molecule has 1 aromatic heterocycles. The zero-order valence-corrected chi connectivity index (χ0v) is 18.7. The number of hydrogen-bond donors (Lipinski definition) is 1. The van der Waals surface area contributed by atoms with E-state index in [1.54, 1.807) is 18.2 Å². The van der Waals surface area contributed by atoms with Gasteiger partial charge in [0, 0.05) is 32.7 Å². The van der Waals surface area contributed by atoms with Gasteiger partial charge in [-0.05, 0) is 42.3 Å². The van der Waals surface area contributed by atoms with Crippen LogP contribution in [-0.2, 0) is 17.4 Å². The zero-order chi connectivity index (χ0) is 23.4. The molecule has 0 saturated carbocycles. The number of anilines is 1. The van der Waals surface area contributed by atoms with Crippen LogP contribution in [-0.4, -0.2) is 60.3 Å². The topological polar surface area (TPSA) is 65.9 Å². The molecule has 6 nitrogen and oxygen atoms in total. The predicted octanol–water partition coefficient (Wildman–Crippen LogP) is 4.53. The fourth-order valence-electron chi connectivity index (χ4n) is 3.82. The van der Waals surface area contributed by atoms with E-state index in [1.165, 1.54) is 23.5 Å². The molecule has 1 aliphatic heterocycles. The summed E-state index contributed by atoms with van der Waals surface area (Å²) in [5, 5.41) is 9.67. The maximum Gasteiger partial charge on any atom is 0.416 e. The molecule has 10 heteroatoms. The first-order chi connectivity index (χ1) is 15.8. The minimum atomic E-state index is -4.36. The fraction of sp³-hybridized carbons (Fsp3) is 0.391. The molecule has 0 atom stereocenters. The number of hydrogen-bond acceptors (Lipinski definition) is 6. The van der Waals surface area contributed by atoms with Gasteiger partial charge >= 0.3 is 12.1 Å². The van der Waals surface area contributed by atoms with E-state index in [0.29, 0.717) is 28.1 Å². The SMILES string of the molecule is O=C(O)Cc1cccc(OCCN2CCCN(c3nc4ccc(C(F)(F)F)cc4s3)CC2)c1. The highest BCUT2D eigenvalue weighted by atomic mass is 32.1. The highest BCUT2D eigenvalue weighted by Gasteiger charge is 2.31. The summed E-state index contributed by atoms with van der Waals surface area (Å²) in [5.74, 6) is -0.229. The van der Waals surface area contributed by atoms with Crippen LogP contribution < -0.4 is 9.64 Å². The normalized spacial score (nSPS) is 15.5. The molecule has 0 amide bonds. The number of benzene rings is 2. The number of carboxylic acid groups (broad SMARTS) is 1. The molecule has 176 valence electrons. The highest BCUT2D eigenvalue weighted by Crippen LogP contribution is 2.35. The summed E-state index contributed by atoms with van der Waals surface area (Å²) in [5.41, 5.74) is 0.631. The number of rotatable bonds is 7. The van der Waals surface area contributed by atoms with Crippen molar-refractivity contribution >= 4 is 32.7 Å². The minimum Gasteiger partial charge on any atom is -0.492 e. The second-order valence-corrected chi connectivity index (χ2v) is 8.93. The predicted molar refractivity (Wildman–Crippen MR) is 121 cm³/mol. The summed E-state index contributed by atoms with van der Waals surface area (Å²) < 4.78 is 45.3. The zero-order valence-electron chi connectivity index (χ0n) is 17.8. The Balaban J connectivity index is 1.31. The summed E-state index contributed by atoms with van der Waals surface area (Å²) >= 11 is 1.29. The second kappa shape index (κ2) is 9.96. The van der Waals surface area contributed by atoms with Crippen LogP contribution in [0.4, 0.5) is 18.3 Å². The van der Waals surface area contributed by atoms with E-state index >= 15 is 0 Å². The summed E-state index contributed by atoms with van der Waals surface area (Å²) in [4.78, 5) is 19.8. The number of carbonyl (C=O) groups is 1. The summed E-state index contributed by atoms with van der Waals surface area (Å²) in [7, 11) is 0. The lowest BCUT2D eigenvalue weighted by atomic mass is 10.1. The first kappa shape index (κ1) is 23.3. The average molecular weight is 480 g/mol. The highest BCUT2D eigenvalue weighted by molar-refractivity contribution is 7.22. The summed E-state index contributed by atoms with van der Waals surface area (Å²) in [6, 6.07) is 10.8. The number of halogens is 3. The fourth-order valence-corrected chi connectivity index (χ4v) is 4.88. The summed E-state index contributed by atoms with van der Waals surface area (Å²) in [6.45, 7) is 4.43. The molecular formula is C23H24F3N3O3S. The molecular weight excluding hydrogens is 455 g/mol. The van der Waals surface area contributed by atoms with Crippen LogP contribution in [0.1, 0.15) is 17.5 Å².